The molecule has 7 heavy (non-hydrogen) atoms. The van der Waals surface area contributed by atoms with Crippen molar-refractivity contribution in [1.82, 2.24) is 0 Å². The normalized spacial score (nSPS) is 14.3. The molecule has 0 nitrogen and oxygen atoms in total. The van der Waals surface area contributed by atoms with Gasteiger partial charge in [-0.25, -0.2) is 0 Å². The van der Waals surface area contributed by atoms with Crippen molar-refractivity contribution in [1.29, 1.82) is 0 Å². The van der Waals surface area contributed by atoms with Gasteiger partial charge in [0, 0.05) is 0 Å². The van der Waals surface area contributed by atoms with Gasteiger partial charge in [0.1, 0.15) is 0 Å². The molecule has 46 valence electrons. The van der Waals surface area contributed by atoms with Crippen LogP contribution in [0.4, 0.5) is 8.68 Å². The van der Waals surface area contributed by atoms with Crippen LogP contribution in [0.5, 0.6) is 0 Å². The van der Waals surface area contributed by atoms with E-state index in [9.17, 15) is 8.68 Å². The van der Waals surface area contributed by atoms with Crippen LogP contribution >= 0.6 is 0 Å². The summed E-state index contributed by atoms with van der Waals surface area (Å²) in [5, 5.41) is 0. The molecular formula is C3H7F3Te. The van der Waals surface area contributed by atoms with Crippen molar-refractivity contribution in [2.75, 3.05) is 0 Å². The Balaban J connectivity index is 3.15. The summed E-state index contributed by atoms with van der Waals surface area (Å²) in [6.07, 6.45) is 0.268. The zero-order valence-electron chi connectivity index (χ0n) is 3.96. The number of hydrogen-bond donors (Lipinski definition) is 0. The summed E-state index contributed by atoms with van der Waals surface area (Å²) < 4.78 is 33.3. The van der Waals surface area contributed by atoms with E-state index in [-0.39, 0.29) is 6.42 Å². The van der Waals surface area contributed by atoms with Crippen LogP contribution in [0.2, 0.25) is 4.47 Å². The van der Waals surface area contributed by atoms with Crippen molar-refractivity contribution >= 4 is 19.9 Å². The first-order valence-electron chi connectivity index (χ1n) is 1.96. The molecule has 0 bridgehead atoms. The third-order valence-corrected chi connectivity index (χ3v) is 2.92. The quantitative estimate of drug-likeness (QED) is 0.635. The minimum absolute atomic E-state index is 0.268. The summed E-state index contributed by atoms with van der Waals surface area (Å²) in [7, 11) is 0. The van der Waals surface area contributed by atoms with Gasteiger partial charge in [-0.15, -0.1) is 0 Å². The molecule has 0 unspecified atom stereocenters. The Kier molecular flexibility index (Phi) is 3.01. The molecule has 0 amide bonds. The Labute approximate surface area is 46.8 Å². The minimum atomic E-state index is -5.60. The van der Waals surface area contributed by atoms with Crippen LogP contribution in [-0.2, 0) is 0 Å². The van der Waals surface area contributed by atoms with E-state index >= 15 is 0 Å². The predicted molar refractivity (Wildman–Crippen MR) is 24.2 cm³/mol. The molecular weight excluding hydrogens is 221 g/mol. The molecule has 0 aliphatic rings. The van der Waals surface area contributed by atoms with Gasteiger partial charge in [-0.05, 0) is 0 Å². The molecule has 0 spiro atoms. The monoisotopic (exact) mass is 230 g/mol. The number of rotatable bonds is 2. The zero-order chi connectivity index (χ0) is 5.91. The summed E-state index contributed by atoms with van der Waals surface area (Å²) in [4.78, 5) is 0. The van der Waals surface area contributed by atoms with Crippen LogP contribution in [0.3, 0.4) is 0 Å². The van der Waals surface area contributed by atoms with Crippen LogP contribution in [0.25, 0.3) is 0 Å². The Hall–Kier alpha value is 0.580. The first-order valence-corrected chi connectivity index (χ1v) is 6.25. The average Bonchev–Trinajstić information content (AvgIpc) is 1.30. The molecule has 0 rings (SSSR count). The molecule has 0 heterocycles. The summed E-state index contributed by atoms with van der Waals surface area (Å²) in [5.74, 6) is 0. The second-order valence-electron chi connectivity index (χ2n) is 1.21. The first kappa shape index (κ1) is 7.58. The first-order chi connectivity index (χ1) is 3.06. The summed E-state index contributed by atoms with van der Waals surface area (Å²) >= 11 is -5.60. The number of halogens is 3. The third-order valence-electron chi connectivity index (χ3n) is 0.436. The molecule has 0 N–H and O–H groups in total. The number of hydrogen-bond acceptors (Lipinski definition) is 0. The summed E-state index contributed by atoms with van der Waals surface area (Å²) in [5.41, 5.74) is 0. The van der Waals surface area contributed by atoms with E-state index < -0.39 is 24.4 Å². The van der Waals surface area contributed by atoms with Gasteiger partial charge in [-0.3, -0.25) is 0 Å². The third kappa shape index (κ3) is 6.58. The van der Waals surface area contributed by atoms with Crippen molar-refractivity contribution in [3.05, 3.63) is 0 Å². The maximum absolute atomic E-state index is 11.2. The second kappa shape index (κ2) is 2.78. The van der Waals surface area contributed by atoms with Crippen LogP contribution in [0.1, 0.15) is 13.3 Å². The average molecular weight is 228 g/mol. The fourth-order valence-corrected chi connectivity index (χ4v) is 1.55. The van der Waals surface area contributed by atoms with Gasteiger partial charge in [0.2, 0.25) is 0 Å². The fourth-order valence-electron chi connectivity index (χ4n) is 0.231. The topological polar surface area (TPSA) is 0 Å². The van der Waals surface area contributed by atoms with Crippen LogP contribution in [0.15, 0.2) is 0 Å². The van der Waals surface area contributed by atoms with Gasteiger partial charge in [0.15, 0.2) is 0 Å². The van der Waals surface area contributed by atoms with Crippen molar-refractivity contribution in [2.24, 2.45) is 0 Å². The molecule has 0 aromatic carbocycles. The van der Waals surface area contributed by atoms with Crippen molar-refractivity contribution in [2.45, 2.75) is 17.8 Å². The van der Waals surface area contributed by atoms with E-state index in [1.807, 2.05) is 0 Å². The van der Waals surface area contributed by atoms with Gasteiger partial charge < -0.3 is 0 Å². The molecule has 4 heteroatoms. The molecule has 0 aliphatic carbocycles. The van der Waals surface area contributed by atoms with Crippen LogP contribution < -0.4 is 0 Å². The van der Waals surface area contributed by atoms with Gasteiger partial charge in [0.25, 0.3) is 0 Å². The van der Waals surface area contributed by atoms with Gasteiger partial charge >= 0.3 is 46.4 Å². The van der Waals surface area contributed by atoms with Gasteiger partial charge in [-0.2, -0.15) is 0 Å². The molecule has 0 saturated heterocycles. The molecule has 0 atom stereocenters. The Morgan fingerprint density at radius 3 is 1.71 bits per heavy atom. The van der Waals surface area contributed by atoms with E-state index in [4.69, 9.17) is 0 Å². The maximum atomic E-state index is 11.2. The van der Waals surface area contributed by atoms with Crippen molar-refractivity contribution in [3.8, 4) is 0 Å². The van der Waals surface area contributed by atoms with Crippen LogP contribution in [0, 0.1) is 0 Å². The summed E-state index contributed by atoms with van der Waals surface area (Å²) in [6.45, 7) is 1.55. The molecule has 0 aliphatic heterocycles. The fraction of sp³-hybridized carbons (Fsp3) is 1.00. The van der Waals surface area contributed by atoms with E-state index in [1.165, 1.54) is 0 Å². The predicted octanol–water partition coefficient (Wildman–Crippen LogP) is 2.24. The van der Waals surface area contributed by atoms with Crippen LogP contribution in [-0.4, -0.2) is 19.9 Å². The Bertz CT molecular complexity index is 48.6. The van der Waals surface area contributed by atoms with Crippen molar-refractivity contribution < 1.29 is 8.68 Å². The molecule has 0 radical (unpaired) electrons. The van der Waals surface area contributed by atoms with Gasteiger partial charge in [-0.1, -0.05) is 0 Å². The molecule has 0 aromatic heterocycles. The Morgan fingerprint density at radius 2 is 1.71 bits per heavy atom. The van der Waals surface area contributed by atoms with E-state index in [0.717, 1.165) is 0 Å². The van der Waals surface area contributed by atoms with Gasteiger partial charge in [0.05, 0.1) is 0 Å². The molecule has 0 aromatic rings. The second-order valence-corrected chi connectivity index (χ2v) is 5.24. The SMILES string of the molecule is CCC[Te](F)(F)F. The zero-order valence-corrected chi connectivity index (χ0v) is 6.29. The van der Waals surface area contributed by atoms with E-state index in [0.29, 0.717) is 0 Å². The molecule has 0 saturated carbocycles. The Morgan fingerprint density at radius 1 is 1.29 bits per heavy atom. The standard InChI is InChI=1S/C3H7F3Te/c1-2-3-7(4,5)6/h2-3H2,1H3. The van der Waals surface area contributed by atoms with E-state index in [2.05, 4.69) is 0 Å². The summed E-state index contributed by atoms with van der Waals surface area (Å²) in [6, 6.07) is 0. The van der Waals surface area contributed by atoms with Crippen molar-refractivity contribution in [3.63, 3.8) is 0 Å². The van der Waals surface area contributed by atoms with E-state index in [1.54, 1.807) is 6.92 Å². The molecule has 0 fully saturated rings.